The summed E-state index contributed by atoms with van der Waals surface area (Å²) in [5.41, 5.74) is 0.430. The Labute approximate surface area is 119 Å². The quantitative estimate of drug-likeness (QED) is 0.748. The van der Waals surface area contributed by atoms with Crippen LogP contribution in [0.15, 0.2) is 36.7 Å². The first kappa shape index (κ1) is 14.2. The van der Waals surface area contributed by atoms with E-state index in [4.69, 9.17) is 9.84 Å². The minimum Gasteiger partial charge on any atom is -0.482 e. The number of amides is 2. The van der Waals surface area contributed by atoms with Gasteiger partial charge in [0.1, 0.15) is 5.75 Å². The van der Waals surface area contributed by atoms with Crippen LogP contribution in [0, 0.1) is 0 Å². The molecule has 0 unspecified atom stereocenters. The number of aliphatic carboxylic acids is 1. The molecule has 0 radical (unpaired) electrons. The minimum absolute atomic E-state index is 0.0632. The van der Waals surface area contributed by atoms with E-state index in [1.165, 1.54) is 18.5 Å². The van der Waals surface area contributed by atoms with Crippen molar-refractivity contribution in [3.8, 4) is 5.75 Å². The second kappa shape index (κ2) is 6.80. The Morgan fingerprint density at radius 3 is 2.81 bits per heavy atom. The normalized spacial score (nSPS) is 9.71. The van der Waals surface area contributed by atoms with Crippen LogP contribution in [0.4, 0.5) is 16.4 Å². The predicted molar refractivity (Wildman–Crippen MR) is 72.0 cm³/mol. The zero-order valence-electron chi connectivity index (χ0n) is 10.7. The summed E-state index contributed by atoms with van der Waals surface area (Å²) in [6.07, 6.45) is 2.77. The number of rotatable bonds is 5. The fraction of sp³-hybridized carbons (Fsp3) is 0.0833. The Morgan fingerprint density at radius 1 is 1.24 bits per heavy atom. The van der Waals surface area contributed by atoms with Gasteiger partial charge >= 0.3 is 12.0 Å². The highest BCUT2D eigenvalue weighted by Crippen LogP contribution is 2.17. The molecule has 0 saturated carbocycles. The van der Waals surface area contributed by atoms with Crippen LogP contribution in [0.1, 0.15) is 0 Å². The number of nitrogens with one attached hydrogen (secondary N) is 2. The van der Waals surface area contributed by atoms with Crippen LogP contribution >= 0.6 is 0 Å². The maximum absolute atomic E-state index is 11.7. The zero-order chi connectivity index (χ0) is 15.1. The molecule has 9 nitrogen and oxygen atoms in total. The molecule has 21 heavy (non-hydrogen) atoms. The van der Waals surface area contributed by atoms with Gasteiger partial charge in [-0.25, -0.2) is 14.6 Å². The highest BCUT2D eigenvalue weighted by molar-refractivity contribution is 5.98. The van der Waals surface area contributed by atoms with Gasteiger partial charge in [0, 0.05) is 11.8 Å². The summed E-state index contributed by atoms with van der Waals surface area (Å²) >= 11 is 0. The van der Waals surface area contributed by atoms with E-state index >= 15 is 0 Å². The average Bonchev–Trinajstić information content (AvgIpc) is 2.46. The predicted octanol–water partition coefficient (Wildman–Crippen LogP) is 0.979. The summed E-state index contributed by atoms with van der Waals surface area (Å²) in [6.45, 7) is -0.459. The number of urea groups is 1. The van der Waals surface area contributed by atoms with Gasteiger partial charge in [-0.05, 0) is 12.1 Å². The molecule has 0 spiro atoms. The molecule has 1 aromatic carbocycles. The number of carboxylic acids is 1. The van der Waals surface area contributed by atoms with Gasteiger partial charge in [-0.1, -0.05) is 6.07 Å². The topological polar surface area (TPSA) is 126 Å². The molecule has 0 aliphatic carbocycles. The third kappa shape index (κ3) is 4.74. The summed E-state index contributed by atoms with van der Waals surface area (Å²) in [5, 5.41) is 20.6. The fourth-order valence-corrected chi connectivity index (χ4v) is 1.38. The number of nitrogens with zero attached hydrogens (tertiary/aromatic N) is 3. The fourth-order valence-electron chi connectivity index (χ4n) is 1.38. The van der Waals surface area contributed by atoms with Gasteiger partial charge in [0.2, 0.25) is 0 Å². The standard InChI is InChI=1S/C12H11N5O4/c18-10(19)7-21-9-3-1-2-8(6-9)15-12(20)16-11-13-4-5-14-17-11/h1-6H,7H2,(H,18,19)(H2,13,15,16,17,20). The smallest absolute Gasteiger partial charge is 0.341 e. The highest BCUT2D eigenvalue weighted by Gasteiger charge is 2.06. The summed E-state index contributed by atoms with van der Waals surface area (Å²) in [6, 6.07) is 5.76. The molecular weight excluding hydrogens is 278 g/mol. The van der Waals surface area contributed by atoms with E-state index in [-0.39, 0.29) is 5.95 Å². The molecule has 0 atom stereocenters. The maximum atomic E-state index is 11.7. The largest absolute Gasteiger partial charge is 0.482 e. The van der Waals surface area contributed by atoms with Crippen molar-refractivity contribution in [3.63, 3.8) is 0 Å². The van der Waals surface area contributed by atoms with Gasteiger partial charge in [0.05, 0.1) is 12.4 Å². The molecule has 0 bridgehead atoms. The average molecular weight is 289 g/mol. The second-order valence-electron chi connectivity index (χ2n) is 3.76. The van der Waals surface area contributed by atoms with Crippen molar-refractivity contribution in [3.05, 3.63) is 36.7 Å². The van der Waals surface area contributed by atoms with Crippen LogP contribution in [0.3, 0.4) is 0 Å². The maximum Gasteiger partial charge on any atom is 0.341 e. The summed E-state index contributed by atoms with van der Waals surface area (Å²) in [4.78, 5) is 25.9. The number of benzene rings is 1. The van der Waals surface area contributed by atoms with E-state index < -0.39 is 18.6 Å². The van der Waals surface area contributed by atoms with Gasteiger partial charge in [-0.3, -0.25) is 5.32 Å². The molecule has 2 rings (SSSR count). The highest BCUT2D eigenvalue weighted by atomic mass is 16.5. The van der Waals surface area contributed by atoms with Crippen molar-refractivity contribution in [2.24, 2.45) is 0 Å². The van der Waals surface area contributed by atoms with Crippen molar-refractivity contribution in [1.82, 2.24) is 15.2 Å². The Balaban J connectivity index is 1.94. The van der Waals surface area contributed by atoms with Crippen LogP contribution in [0.25, 0.3) is 0 Å². The Hall–Kier alpha value is -3.23. The molecule has 9 heteroatoms. The number of carbonyl (C=O) groups is 2. The van der Waals surface area contributed by atoms with Crippen molar-refractivity contribution in [2.75, 3.05) is 17.2 Å². The second-order valence-corrected chi connectivity index (χ2v) is 3.76. The summed E-state index contributed by atoms with van der Waals surface area (Å²) in [5.74, 6) is -0.694. The molecule has 0 aliphatic rings. The number of aromatic nitrogens is 3. The Bertz CT molecular complexity index is 635. The van der Waals surface area contributed by atoms with Crippen molar-refractivity contribution in [1.29, 1.82) is 0 Å². The molecule has 0 saturated heterocycles. The van der Waals surface area contributed by atoms with Gasteiger partial charge in [-0.15, -0.1) is 5.10 Å². The van der Waals surface area contributed by atoms with Crippen molar-refractivity contribution >= 4 is 23.6 Å². The third-order valence-corrected chi connectivity index (χ3v) is 2.16. The Kier molecular flexibility index (Phi) is 4.59. The first-order valence-corrected chi connectivity index (χ1v) is 5.80. The van der Waals surface area contributed by atoms with Gasteiger partial charge in [-0.2, -0.15) is 5.10 Å². The zero-order valence-corrected chi connectivity index (χ0v) is 10.7. The first-order chi connectivity index (χ1) is 10.1. The lowest BCUT2D eigenvalue weighted by Gasteiger charge is -2.08. The van der Waals surface area contributed by atoms with E-state index in [1.54, 1.807) is 18.2 Å². The van der Waals surface area contributed by atoms with E-state index in [2.05, 4.69) is 25.8 Å². The van der Waals surface area contributed by atoms with Gasteiger partial charge < -0.3 is 15.2 Å². The van der Waals surface area contributed by atoms with Crippen LogP contribution in [0.5, 0.6) is 5.75 Å². The first-order valence-electron chi connectivity index (χ1n) is 5.80. The van der Waals surface area contributed by atoms with Crippen LogP contribution in [0.2, 0.25) is 0 Å². The van der Waals surface area contributed by atoms with Crippen molar-refractivity contribution < 1.29 is 19.4 Å². The molecule has 2 amide bonds. The molecule has 1 aromatic heterocycles. The number of hydrogen-bond acceptors (Lipinski definition) is 6. The lowest BCUT2D eigenvalue weighted by Crippen LogP contribution is -2.21. The van der Waals surface area contributed by atoms with Crippen molar-refractivity contribution in [2.45, 2.75) is 0 Å². The molecule has 3 N–H and O–H groups in total. The molecule has 2 aromatic rings. The number of carbonyl (C=O) groups excluding carboxylic acids is 1. The molecule has 0 fully saturated rings. The molecule has 0 aliphatic heterocycles. The summed E-state index contributed by atoms with van der Waals surface area (Å²) in [7, 11) is 0. The number of hydrogen-bond donors (Lipinski definition) is 3. The number of ether oxygens (including phenoxy) is 1. The van der Waals surface area contributed by atoms with Gasteiger partial charge in [0.15, 0.2) is 6.61 Å². The van der Waals surface area contributed by atoms with Crippen LogP contribution in [-0.4, -0.2) is 38.9 Å². The minimum atomic E-state index is -1.08. The number of anilines is 2. The van der Waals surface area contributed by atoms with E-state index in [9.17, 15) is 9.59 Å². The summed E-state index contributed by atoms with van der Waals surface area (Å²) < 4.78 is 5.00. The van der Waals surface area contributed by atoms with E-state index in [0.29, 0.717) is 11.4 Å². The van der Waals surface area contributed by atoms with E-state index in [0.717, 1.165) is 0 Å². The van der Waals surface area contributed by atoms with Gasteiger partial charge in [0.25, 0.3) is 5.95 Å². The lowest BCUT2D eigenvalue weighted by atomic mass is 10.3. The lowest BCUT2D eigenvalue weighted by molar-refractivity contribution is -0.139. The molecular formula is C12H11N5O4. The monoisotopic (exact) mass is 289 g/mol. The number of carboxylic acid groups (broad SMARTS) is 1. The molecule has 108 valence electrons. The Morgan fingerprint density at radius 2 is 2.10 bits per heavy atom. The van der Waals surface area contributed by atoms with Crippen LogP contribution < -0.4 is 15.4 Å². The van der Waals surface area contributed by atoms with E-state index in [1.807, 2.05) is 0 Å². The SMILES string of the molecule is O=C(O)COc1cccc(NC(=O)Nc2nccnn2)c1. The third-order valence-electron chi connectivity index (χ3n) is 2.16. The molecule has 1 heterocycles. The van der Waals surface area contributed by atoms with Crippen LogP contribution in [-0.2, 0) is 4.79 Å².